The van der Waals surface area contributed by atoms with Gasteiger partial charge in [0.25, 0.3) is 0 Å². The molecule has 2 rings (SSSR count). The molecule has 3 atom stereocenters. The Bertz CT molecular complexity index is 551. The minimum absolute atomic E-state index is 0.106. The van der Waals surface area contributed by atoms with Gasteiger partial charge in [0, 0.05) is 24.4 Å². The topological polar surface area (TPSA) is 63.4 Å². The van der Waals surface area contributed by atoms with Gasteiger partial charge in [0.2, 0.25) is 11.8 Å². The smallest absolute Gasteiger partial charge is 0.232 e. The first-order chi connectivity index (χ1) is 9.73. The number of carbonyl (C=O) groups excluding carboxylic acids is 2. The molecule has 0 spiro atoms. The minimum atomic E-state index is -0.337. The Hall–Kier alpha value is -1.68. The average molecular weight is 288 g/mol. The molecule has 0 aliphatic carbocycles. The molecule has 114 valence electrons. The summed E-state index contributed by atoms with van der Waals surface area (Å²) in [6.45, 7) is 9.96. The van der Waals surface area contributed by atoms with E-state index in [2.05, 4.69) is 12.1 Å². The van der Waals surface area contributed by atoms with Gasteiger partial charge in [-0.05, 0) is 37.5 Å². The van der Waals surface area contributed by atoms with E-state index in [1.165, 1.54) is 10.5 Å². The van der Waals surface area contributed by atoms with Crippen molar-refractivity contribution in [1.82, 2.24) is 4.90 Å². The zero-order valence-corrected chi connectivity index (χ0v) is 13.4. The first-order valence-corrected chi connectivity index (χ1v) is 7.42. The van der Waals surface area contributed by atoms with Crippen LogP contribution in [0, 0.1) is 32.6 Å². The van der Waals surface area contributed by atoms with Crippen LogP contribution in [0.15, 0.2) is 12.1 Å². The second-order valence-corrected chi connectivity index (χ2v) is 6.28. The Balaban J connectivity index is 2.25. The Morgan fingerprint density at radius 3 is 1.90 bits per heavy atom. The number of benzene rings is 1. The molecule has 0 saturated carbocycles. The van der Waals surface area contributed by atoms with Crippen molar-refractivity contribution in [3.63, 3.8) is 0 Å². The SMILES string of the molecule is Cc1cc(C)c(C(N)CN2C(=O)C(C)C(C)C2=O)c(C)c1. The fraction of sp³-hybridized carbons (Fsp3) is 0.529. The quantitative estimate of drug-likeness (QED) is 0.868. The molecule has 0 bridgehead atoms. The van der Waals surface area contributed by atoms with Crippen molar-refractivity contribution >= 4 is 11.8 Å². The lowest BCUT2D eigenvalue weighted by molar-refractivity contribution is -0.140. The number of carbonyl (C=O) groups is 2. The molecule has 0 aromatic heterocycles. The largest absolute Gasteiger partial charge is 0.322 e. The van der Waals surface area contributed by atoms with Crippen LogP contribution in [-0.4, -0.2) is 23.3 Å². The first-order valence-electron chi connectivity index (χ1n) is 7.42. The predicted molar refractivity (Wildman–Crippen MR) is 82.6 cm³/mol. The van der Waals surface area contributed by atoms with Crippen LogP contribution in [0.2, 0.25) is 0 Å². The van der Waals surface area contributed by atoms with Crippen LogP contribution in [0.1, 0.15) is 42.1 Å². The third-order valence-electron chi connectivity index (χ3n) is 4.55. The summed E-state index contributed by atoms with van der Waals surface area (Å²) in [5, 5.41) is 0. The Morgan fingerprint density at radius 2 is 1.48 bits per heavy atom. The summed E-state index contributed by atoms with van der Waals surface area (Å²) in [5.41, 5.74) is 10.7. The molecule has 1 aliphatic rings. The van der Waals surface area contributed by atoms with Gasteiger partial charge in [-0.2, -0.15) is 0 Å². The second-order valence-electron chi connectivity index (χ2n) is 6.28. The van der Waals surface area contributed by atoms with Gasteiger partial charge in [-0.15, -0.1) is 0 Å². The van der Waals surface area contributed by atoms with Crippen molar-refractivity contribution in [3.05, 3.63) is 34.4 Å². The van der Waals surface area contributed by atoms with Gasteiger partial charge in [0.15, 0.2) is 0 Å². The zero-order chi connectivity index (χ0) is 15.9. The average Bonchev–Trinajstić information content (AvgIpc) is 2.55. The van der Waals surface area contributed by atoms with Gasteiger partial charge in [0.05, 0.1) is 0 Å². The van der Waals surface area contributed by atoms with Crippen molar-refractivity contribution in [2.45, 2.75) is 40.7 Å². The van der Waals surface area contributed by atoms with E-state index in [0.29, 0.717) is 0 Å². The summed E-state index contributed by atoms with van der Waals surface area (Å²) in [4.78, 5) is 25.7. The Morgan fingerprint density at radius 1 is 1.05 bits per heavy atom. The lowest BCUT2D eigenvalue weighted by Gasteiger charge is -2.23. The van der Waals surface area contributed by atoms with E-state index in [4.69, 9.17) is 5.73 Å². The number of likely N-dealkylation sites (tertiary alicyclic amines) is 1. The number of rotatable bonds is 3. The summed E-state index contributed by atoms with van der Waals surface area (Å²) >= 11 is 0. The van der Waals surface area contributed by atoms with Crippen LogP contribution in [0.5, 0.6) is 0 Å². The molecular weight excluding hydrogens is 264 g/mol. The van der Waals surface area contributed by atoms with Gasteiger partial charge in [-0.25, -0.2) is 0 Å². The van der Waals surface area contributed by atoms with Crippen molar-refractivity contribution in [1.29, 1.82) is 0 Å². The second kappa shape index (κ2) is 5.60. The number of nitrogens with zero attached hydrogens (tertiary/aromatic N) is 1. The normalized spacial score (nSPS) is 23.8. The Kier molecular flexibility index (Phi) is 4.19. The summed E-state index contributed by atoms with van der Waals surface area (Å²) < 4.78 is 0. The third kappa shape index (κ3) is 2.72. The highest BCUT2D eigenvalue weighted by Crippen LogP contribution is 2.29. The molecule has 1 aromatic carbocycles. The van der Waals surface area contributed by atoms with E-state index >= 15 is 0 Å². The maximum Gasteiger partial charge on any atom is 0.232 e. The molecule has 2 N–H and O–H groups in total. The van der Waals surface area contributed by atoms with Crippen LogP contribution in [-0.2, 0) is 9.59 Å². The summed E-state index contributed by atoms with van der Waals surface area (Å²) in [6.07, 6.45) is 0. The Labute approximate surface area is 126 Å². The number of imide groups is 1. The van der Waals surface area contributed by atoms with Crippen molar-refractivity contribution < 1.29 is 9.59 Å². The molecule has 1 aliphatic heterocycles. The standard InChI is InChI=1S/C17H24N2O2/c1-9-6-10(2)15(11(3)7-9)14(18)8-19-16(20)12(4)13(5)17(19)21/h6-7,12-14H,8,18H2,1-5H3. The highest BCUT2D eigenvalue weighted by Gasteiger charge is 2.42. The van der Waals surface area contributed by atoms with E-state index in [-0.39, 0.29) is 36.2 Å². The van der Waals surface area contributed by atoms with E-state index < -0.39 is 0 Å². The summed E-state index contributed by atoms with van der Waals surface area (Å²) in [5.74, 6) is -0.703. The van der Waals surface area contributed by atoms with Crippen molar-refractivity contribution in [3.8, 4) is 0 Å². The number of aryl methyl sites for hydroxylation is 3. The van der Waals surface area contributed by atoms with E-state index in [9.17, 15) is 9.59 Å². The number of hydrogen-bond acceptors (Lipinski definition) is 3. The van der Waals surface area contributed by atoms with Gasteiger partial charge in [-0.1, -0.05) is 31.5 Å². The molecule has 1 heterocycles. The predicted octanol–water partition coefficient (Wildman–Crippen LogP) is 2.25. The molecule has 1 aromatic rings. The lowest BCUT2D eigenvalue weighted by atomic mass is 9.94. The molecule has 21 heavy (non-hydrogen) atoms. The number of nitrogens with two attached hydrogens (primary N) is 1. The van der Waals surface area contributed by atoms with Crippen LogP contribution >= 0.6 is 0 Å². The first kappa shape index (κ1) is 15.7. The van der Waals surface area contributed by atoms with E-state index in [1.807, 2.05) is 20.8 Å². The van der Waals surface area contributed by atoms with Gasteiger partial charge in [-0.3, -0.25) is 14.5 Å². The molecule has 1 fully saturated rings. The summed E-state index contributed by atoms with van der Waals surface area (Å²) in [7, 11) is 0. The van der Waals surface area contributed by atoms with Crippen molar-refractivity contribution in [2.24, 2.45) is 17.6 Å². The van der Waals surface area contributed by atoms with Gasteiger partial charge in [0.1, 0.15) is 0 Å². The molecule has 1 saturated heterocycles. The van der Waals surface area contributed by atoms with E-state index in [0.717, 1.165) is 16.7 Å². The van der Waals surface area contributed by atoms with Crippen LogP contribution < -0.4 is 5.73 Å². The van der Waals surface area contributed by atoms with Gasteiger partial charge < -0.3 is 5.73 Å². The minimum Gasteiger partial charge on any atom is -0.322 e. The highest BCUT2D eigenvalue weighted by atomic mass is 16.2. The van der Waals surface area contributed by atoms with E-state index in [1.54, 1.807) is 13.8 Å². The number of hydrogen-bond donors (Lipinski definition) is 1. The van der Waals surface area contributed by atoms with Crippen molar-refractivity contribution in [2.75, 3.05) is 6.54 Å². The monoisotopic (exact) mass is 288 g/mol. The molecule has 4 nitrogen and oxygen atoms in total. The maximum atomic E-state index is 12.2. The van der Waals surface area contributed by atoms with Gasteiger partial charge >= 0.3 is 0 Å². The molecule has 4 heteroatoms. The fourth-order valence-electron chi connectivity index (χ4n) is 3.27. The number of amides is 2. The molecule has 2 amide bonds. The summed E-state index contributed by atoms with van der Waals surface area (Å²) in [6, 6.07) is 3.83. The highest BCUT2D eigenvalue weighted by molar-refractivity contribution is 6.04. The molecular formula is C17H24N2O2. The zero-order valence-electron chi connectivity index (χ0n) is 13.4. The van der Waals surface area contributed by atoms with Crippen LogP contribution in [0.4, 0.5) is 0 Å². The fourth-order valence-corrected chi connectivity index (χ4v) is 3.27. The third-order valence-corrected chi connectivity index (χ3v) is 4.55. The lowest BCUT2D eigenvalue weighted by Crippen LogP contribution is -2.37. The maximum absolute atomic E-state index is 12.2. The molecule has 3 unspecified atom stereocenters. The van der Waals surface area contributed by atoms with Crippen LogP contribution in [0.3, 0.4) is 0 Å². The van der Waals surface area contributed by atoms with Crippen LogP contribution in [0.25, 0.3) is 0 Å². The molecule has 0 radical (unpaired) electrons.